The summed E-state index contributed by atoms with van der Waals surface area (Å²) in [6.07, 6.45) is 2.29. The van der Waals surface area contributed by atoms with Gasteiger partial charge < -0.3 is 14.7 Å². The van der Waals surface area contributed by atoms with Gasteiger partial charge in [0.1, 0.15) is 11.5 Å². The Morgan fingerprint density at radius 3 is 2.62 bits per heavy atom. The minimum Gasteiger partial charge on any atom is -0.507 e. The summed E-state index contributed by atoms with van der Waals surface area (Å²) in [6.45, 7) is 13.8. The maximum Gasteiger partial charge on any atom is 0.266 e. The zero-order chi connectivity index (χ0) is 23.0. The van der Waals surface area contributed by atoms with Crippen molar-refractivity contribution in [2.24, 2.45) is 0 Å². The summed E-state index contributed by atoms with van der Waals surface area (Å²) < 4.78 is 6.43. The zero-order valence-corrected chi connectivity index (χ0v) is 20.0. The summed E-state index contributed by atoms with van der Waals surface area (Å²) in [7, 11) is 0. The Bertz CT molecular complexity index is 1040. The van der Waals surface area contributed by atoms with E-state index < -0.39 is 5.60 Å². The van der Waals surface area contributed by atoms with Crippen molar-refractivity contribution in [1.29, 1.82) is 0 Å². The number of aromatic nitrogens is 1. The SMILES string of the molecule is Cc1cccc(CN2CCCN(C(=O)C3(C)CCc4c(C)c(O)c(C)c(C)c4O3)CC2)n1. The zero-order valence-electron chi connectivity index (χ0n) is 20.0. The summed E-state index contributed by atoms with van der Waals surface area (Å²) in [5.74, 6) is 1.19. The van der Waals surface area contributed by atoms with Gasteiger partial charge in [-0.2, -0.15) is 0 Å². The van der Waals surface area contributed by atoms with Crippen molar-refractivity contribution in [2.45, 2.75) is 66.0 Å². The van der Waals surface area contributed by atoms with E-state index in [1.54, 1.807) is 0 Å². The topological polar surface area (TPSA) is 65.9 Å². The molecule has 0 saturated carbocycles. The van der Waals surface area contributed by atoms with E-state index in [0.717, 1.165) is 78.4 Å². The van der Waals surface area contributed by atoms with E-state index >= 15 is 0 Å². The van der Waals surface area contributed by atoms with Crippen molar-refractivity contribution < 1.29 is 14.6 Å². The number of phenols is 1. The standard InChI is InChI=1S/C26H35N3O3/c1-17-8-6-9-21(27-17)16-28-12-7-13-29(15-14-28)25(31)26(5)11-10-22-20(4)23(30)18(2)19(3)24(22)32-26/h6,8-9,30H,7,10-16H2,1-5H3. The number of carbonyl (C=O) groups is 1. The third kappa shape index (κ3) is 4.20. The third-order valence-electron chi connectivity index (χ3n) is 7.18. The van der Waals surface area contributed by atoms with Crippen LogP contribution in [0, 0.1) is 27.7 Å². The molecule has 1 amide bonds. The van der Waals surface area contributed by atoms with Gasteiger partial charge in [0.15, 0.2) is 5.60 Å². The average Bonchev–Trinajstić information content (AvgIpc) is 3.01. The second-order valence-electron chi connectivity index (χ2n) is 9.56. The van der Waals surface area contributed by atoms with Crippen LogP contribution in [0.4, 0.5) is 0 Å². The van der Waals surface area contributed by atoms with Crippen LogP contribution >= 0.6 is 0 Å². The van der Waals surface area contributed by atoms with Gasteiger partial charge in [-0.05, 0) is 76.3 Å². The normalized spacial score (nSPS) is 21.6. The molecule has 6 nitrogen and oxygen atoms in total. The van der Waals surface area contributed by atoms with Gasteiger partial charge in [-0.3, -0.25) is 14.7 Å². The van der Waals surface area contributed by atoms with Gasteiger partial charge in [0.25, 0.3) is 5.91 Å². The average molecular weight is 438 g/mol. The van der Waals surface area contributed by atoms with Crippen molar-refractivity contribution in [3.05, 3.63) is 51.8 Å². The number of hydrogen-bond donors (Lipinski definition) is 1. The van der Waals surface area contributed by atoms with Crippen molar-refractivity contribution in [1.82, 2.24) is 14.8 Å². The highest BCUT2D eigenvalue weighted by atomic mass is 16.5. The third-order valence-corrected chi connectivity index (χ3v) is 7.18. The number of benzene rings is 1. The van der Waals surface area contributed by atoms with E-state index in [2.05, 4.69) is 22.0 Å². The molecule has 1 aromatic heterocycles. The lowest BCUT2D eigenvalue weighted by atomic mass is 9.86. The maximum atomic E-state index is 13.6. The van der Waals surface area contributed by atoms with E-state index in [1.165, 1.54) is 0 Å². The Balaban J connectivity index is 1.46. The van der Waals surface area contributed by atoms with Crippen LogP contribution in [0.15, 0.2) is 18.2 Å². The first-order valence-electron chi connectivity index (χ1n) is 11.6. The minimum absolute atomic E-state index is 0.0708. The Labute approximate surface area is 191 Å². The van der Waals surface area contributed by atoms with Gasteiger partial charge in [0.05, 0.1) is 5.69 Å². The summed E-state index contributed by atoms with van der Waals surface area (Å²) in [5.41, 5.74) is 4.89. The lowest BCUT2D eigenvalue weighted by Gasteiger charge is -2.39. The molecule has 172 valence electrons. The molecule has 2 aliphatic heterocycles. The van der Waals surface area contributed by atoms with Gasteiger partial charge >= 0.3 is 0 Å². The lowest BCUT2D eigenvalue weighted by molar-refractivity contribution is -0.148. The molecule has 2 aliphatic rings. The quantitative estimate of drug-likeness (QED) is 0.790. The highest BCUT2D eigenvalue weighted by molar-refractivity contribution is 5.86. The van der Waals surface area contributed by atoms with Crippen LogP contribution in [-0.2, 0) is 17.8 Å². The first kappa shape index (κ1) is 22.6. The van der Waals surface area contributed by atoms with E-state index in [0.29, 0.717) is 18.7 Å². The fourth-order valence-electron chi connectivity index (χ4n) is 4.98. The molecule has 4 rings (SSSR count). The molecule has 1 unspecified atom stereocenters. The van der Waals surface area contributed by atoms with Crippen LogP contribution in [0.3, 0.4) is 0 Å². The molecule has 1 atom stereocenters. The second kappa shape index (κ2) is 8.74. The number of aromatic hydroxyl groups is 1. The number of hydrogen-bond acceptors (Lipinski definition) is 5. The van der Waals surface area contributed by atoms with Crippen molar-refractivity contribution in [3.63, 3.8) is 0 Å². The van der Waals surface area contributed by atoms with Crippen LogP contribution in [0.25, 0.3) is 0 Å². The van der Waals surface area contributed by atoms with Gasteiger partial charge in [-0.1, -0.05) is 6.07 Å². The summed E-state index contributed by atoms with van der Waals surface area (Å²) in [6, 6.07) is 6.14. The molecule has 6 heteroatoms. The Morgan fingerprint density at radius 2 is 1.88 bits per heavy atom. The van der Waals surface area contributed by atoms with Gasteiger partial charge in [-0.15, -0.1) is 0 Å². The van der Waals surface area contributed by atoms with Crippen molar-refractivity contribution >= 4 is 5.91 Å². The van der Waals surface area contributed by atoms with Crippen LogP contribution < -0.4 is 4.74 Å². The van der Waals surface area contributed by atoms with Gasteiger partial charge in [0.2, 0.25) is 0 Å². The number of amides is 1. The number of pyridine rings is 1. The number of fused-ring (bicyclic) bond motifs is 1. The molecule has 0 bridgehead atoms. The molecule has 1 aromatic carbocycles. The number of nitrogens with zero attached hydrogens (tertiary/aromatic N) is 3. The summed E-state index contributed by atoms with van der Waals surface area (Å²) >= 11 is 0. The number of rotatable bonds is 3. The number of ether oxygens (including phenoxy) is 1. The molecule has 32 heavy (non-hydrogen) atoms. The Hall–Kier alpha value is -2.60. The monoisotopic (exact) mass is 437 g/mol. The second-order valence-corrected chi connectivity index (χ2v) is 9.56. The highest BCUT2D eigenvalue weighted by Crippen LogP contribution is 2.43. The minimum atomic E-state index is -0.874. The number of phenolic OH excluding ortho intramolecular Hbond substituents is 1. The van der Waals surface area contributed by atoms with E-state index in [4.69, 9.17) is 4.74 Å². The van der Waals surface area contributed by atoms with Crippen LogP contribution in [0.2, 0.25) is 0 Å². The van der Waals surface area contributed by atoms with Crippen molar-refractivity contribution in [3.8, 4) is 11.5 Å². The highest BCUT2D eigenvalue weighted by Gasteiger charge is 2.43. The van der Waals surface area contributed by atoms with Crippen LogP contribution in [0.5, 0.6) is 11.5 Å². The fraction of sp³-hybridized carbons (Fsp3) is 0.538. The maximum absolute atomic E-state index is 13.6. The molecule has 3 heterocycles. The van der Waals surface area contributed by atoms with Crippen molar-refractivity contribution in [2.75, 3.05) is 26.2 Å². The van der Waals surface area contributed by atoms with Crippen LogP contribution in [0.1, 0.15) is 53.4 Å². The predicted octanol–water partition coefficient (Wildman–Crippen LogP) is 3.84. The number of carbonyl (C=O) groups excluding carboxylic acids is 1. The first-order valence-corrected chi connectivity index (χ1v) is 11.6. The van der Waals surface area contributed by atoms with E-state index in [1.807, 2.05) is 45.6 Å². The molecule has 0 radical (unpaired) electrons. The first-order chi connectivity index (χ1) is 15.2. The lowest BCUT2D eigenvalue weighted by Crippen LogP contribution is -2.53. The molecular weight excluding hydrogens is 402 g/mol. The molecule has 0 aliphatic carbocycles. The molecule has 1 N–H and O–H groups in total. The van der Waals surface area contributed by atoms with E-state index in [9.17, 15) is 9.90 Å². The summed E-state index contributed by atoms with van der Waals surface area (Å²) in [5, 5.41) is 10.4. The van der Waals surface area contributed by atoms with E-state index in [-0.39, 0.29) is 5.91 Å². The predicted molar refractivity (Wildman–Crippen MR) is 125 cm³/mol. The van der Waals surface area contributed by atoms with Crippen LogP contribution in [-0.4, -0.2) is 57.6 Å². The van der Waals surface area contributed by atoms with Gasteiger partial charge in [0, 0.05) is 50.4 Å². The largest absolute Gasteiger partial charge is 0.507 e. The summed E-state index contributed by atoms with van der Waals surface area (Å²) in [4.78, 5) is 22.6. The molecule has 2 aromatic rings. The molecular formula is C26H35N3O3. The number of aryl methyl sites for hydroxylation is 1. The Morgan fingerprint density at radius 1 is 1.09 bits per heavy atom. The molecule has 1 saturated heterocycles. The molecule has 0 spiro atoms. The Kier molecular flexibility index (Phi) is 6.17. The van der Waals surface area contributed by atoms with Gasteiger partial charge in [-0.25, -0.2) is 0 Å². The molecule has 1 fully saturated rings. The fourth-order valence-corrected chi connectivity index (χ4v) is 4.98. The smallest absolute Gasteiger partial charge is 0.266 e.